The molecule has 2 aromatic carbocycles. The van der Waals surface area contributed by atoms with Crippen LogP contribution >= 0.6 is 0 Å². The van der Waals surface area contributed by atoms with E-state index >= 15 is 0 Å². The van der Waals surface area contributed by atoms with E-state index < -0.39 is 11.7 Å². The largest absolute Gasteiger partial charge is 0.493 e. The third-order valence-corrected chi connectivity index (χ3v) is 3.74. The second kappa shape index (κ2) is 6.51. The average Bonchev–Trinajstić information content (AvgIpc) is 3.10. The van der Waals surface area contributed by atoms with Gasteiger partial charge in [-0.05, 0) is 30.3 Å². The van der Waals surface area contributed by atoms with Crippen LogP contribution in [0.1, 0.15) is 5.56 Å². The molecule has 0 fully saturated rings. The van der Waals surface area contributed by atoms with Gasteiger partial charge in [0, 0.05) is 11.6 Å². The number of rotatable bonds is 4. The SMILES string of the molecule is COc1ccc(-n2nccc2-c2cccc(C(F)(F)F)c2)cc1OC. The van der Waals surface area contributed by atoms with Crippen molar-refractivity contribution in [2.75, 3.05) is 14.2 Å². The van der Waals surface area contributed by atoms with Gasteiger partial charge in [-0.1, -0.05) is 12.1 Å². The lowest BCUT2D eigenvalue weighted by Gasteiger charge is -2.13. The van der Waals surface area contributed by atoms with E-state index in [2.05, 4.69) is 5.10 Å². The predicted octanol–water partition coefficient (Wildman–Crippen LogP) is 4.58. The van der Waals surface area contributed by atoms with E-state index in [1.54, 1.807) is 35.0 Å². The molecule has 0 unspecified atom stereocenters. The molecule has 0 saturated carbocycles. The molecule has 3 rings (SSSR count). The summed E-state index contributed by atoms with van der Waals surface area (Å²) in [4.78, 5) is 0. The van der Waals surface area contributed by atoms with Gasteiger partial charge in [-0.3, -0.25) is 0 Å². The maximum Gasteiger partial charge on any atom is 0.416 e. The Bertz CT molecular complexity index is 888. The van der Waals surface area contributed by atoms with Crippen LogP contribution in [0.4, 0.5) is 13.2 Å². The van der Waals surface area contributed by atoms with Crippen molar-refractivity contribution >= 4 is 0 Å². The van der Waals surface area contributed by atoms with Gasteiger partial charge in [0.25, 0.3) is 0 Å². The van der Waals surface area contributed by atoms with Crippen LogP contribution in [0.25, 0.3) is 16.9 Å². The molecule has 0 saturated heterocycles. The fraction of sp³-hybridized carbons (Fsp3) is 0.167. The third-order valence-electron chi connectivity index (χ3n) is 3.74. The maximum atomic E-state index is 13.0. The summed E-state index contributed by atoms with van der Waals surface area (Å²) in [5.74, 6) is 1.06. The molecule has 0 aliphatic heterocycles. The first-order chi connectivity index (χ1) is 11.9. The van der Waals surface area contributed by atoms with Gasteiger partial charge in [-0.25, -0.2) is 4.68 Å². The van der Waals surface area contributed by atoms with Crippen LogP contribution in [0.5, 0.6) is 11.5 Å². The minimum atomic E-state index is -4.40. The van der Waals surface area contributed by atoms with Crippen molar-refractivity contribution in [1.29, 1.82) is 0 Å². The molecule has 0 radical (unpaired) electrons. The Balaban J connectivity index is 2.08. The van der Waals surface area contributed by atoms with Crippen LogP contribution in [0.3, 0.4) is 0 Å². The molecule has 4 nitrogen and oxygen atoms in total. The number of halogens is 3. The molecule has 0 atom stereocenters. The number of hydrogen-bond donors (Lipinski definition) is 0. The van der Waals surface area contributed by atoms with E-state index in [-0.39, 0.29) is 0 Å². The number of alkyl halides is 3. The molecule has 0 bridgehead atoms. The fourth-order valence-electron chi connectivity index (χ4n) is 2.54. The minimum Gasteiger partial charge on any atom is -0.493 e. The third kappa shape index (κ3) is 3.31. The summed E-state index contributed by atoms with van der Waals surface area (Å²) >= 11 is 0. The number of benzene rings is 2. The van der Waals surface area contributed by atoms with E-state index in [0.29, 0.717) is 28.4 Å². The summed E-state index contributed by atoms with van der Waals surface area (Å²) in [5, 5.41) is 4.22. The highest BCUT2D eigenvalue weighted by atomic mass is 19.4. The summed E-state index contributed by atoms with van der Waals surface area (Å²) in [6, 6.07) is 12.0. The molecule has 3 aromatic rings. The molecule has 25 heavy (non-hydrogen) atoms. The molecule has 0 amide bonds. The van der Waals surface area contributed by atoms with Crippen LogP contribution in [-0.2, 0) is 6.18 Å². The van der Waals surface area contributed by atoms with E-state index in [0.717, 1.165) is 12.1 Å². The highest BCUT2D eigenvalue weighted by Gasteiger charge is 2.30. The summed E-state index contributed by atoms with van der Waals surface area (Å²) < 4.78 is 50.9. The Morgan fingerprint density at radius 1 is 0.920 bits per heavy atom. The number of methoxy groups -OCH3 is 2. The van der Waals surface area contributed by atoms with Gasteiger partial charge in [-0.15, -0.1) is 0 Å². The number of aromatic nitrogens is 2. The van der Waals surface area contributed by atoms with Gasteiger partial charge in [0.1, 0.15) is 0 Å². The Hall–Kier alpha value is -2.96. The Morgan fingerprint density at radius 3 is 2.36 bits per heavy atom. The molecular formula is C18H15F3N2O2. The molecule has 0 N–H and O–H groups in total. The van der Waals surface area contributed by atoms with Gasteiger partial charge >= 0.3 is 6.18 Å². The highest BCUT2D eigenvalue weighted by molar-refractivity contribution is 5.63. The molecule has 1 aromatic heterocycles. The second-order valence-corrected chi connectivity index (χ2v) is 5.25. The van der Waals surface area contributed by atoms with E-state index in [9.17, 15) is 13.2 Å². The first-order valence-corrected chi connectivity index (χ1v) is 7.38. The van der Waals surface area contributed by atoms with E-state index in [1.807, 2.05) is 0 Å². The molecule has 0 aliphatic rings. The zero-order valence-corrected chi connectivity index (χ0v) is 13.5. The summed E-state index contributed by atoms with van der Waals surface area (Å²) in [5.41, 5.74) is 0.903. The lowest BCUT2D eigenvalue weighted by atomic mass is 10.1. The molecule has 0 aliphatic carbocycles. The predicted molar refractivity (Wildman–Crippen MR) is 87.1 cm³/mol. The smallest absolute Gasteiger partial charge is 0.416 e. The zero-order valence-electron chi connectivity index (χ0n) is 13.5. The second-order valence-electron chi connectivity index (χ2n) is 5.25. The van der Waals surface area contributed by atoms with Crippen LogP contribution in [0, 0.1) is 0 Å². The van der Waals surface area contributed by atoms with Crippen molar-refractivity contribution in [3.05, 3.63) is 60.3 Å². The Morgan fingerprint density at radius 2 is 1.68 bits per heavy atom. The molecule has 1 heterocycles. The van der Waals surface area contributed by atoms with Crippen LogP contribution in [0.15, 0.2) is 54.7 Å². The van der Waals surface area contributed by atoms with E-state index in [4.69, 9.17) is 9.47 Å². The van der Waals surface area contributed by atoms with Crippen LogP contribution < -0.4 is 9.47 Å². The van der Waals surface area contributed by atoms with E-state index in [1.165, 1.54) is 26.5 Å². The molecule has 7 heteroatoms. The van der Waals surface area contributed by atoms with Crippen molar-refractivity contribution in [3.8, 4) is 28.4 Å². The average molecular weight is 348 g/mol. The normalized spacial score (nSPS) is 11.4. The Kier molecular flexibility index (Phi) is 4.39. The fourth-order valence-corrected chi connectivity index (χ4v) is 2.54. The molecule has 0 spiro atoms. The standard InChI is InChI=1S/C18H15F3N2O2/c1-24-16-7-6-14(11-17(16)25-2)23-15(8-9-22-23)12-4-3-5-13(10-12)18(19,20)21/h3-11H,1-2H3. The van der Waals surface area contributed by atoms with Crippen molar-refractivity contribution in [2.45, 2.75) is 6.18 Å². The number of hydrogen-bond acceptors (Lipinski definition) is 3. The number of ether oxygens (including phenoxy) is 2. The summed E-state index contributed by atoms with van der Waals surface area (Å²) in [6.07, 6.45) is -2.86. The maximum absolute atomic E-state index is 13.0. The van der Waals surface area contributed by atoms with Crippen molar-refractivity contribution < 1.29 is 22.6 Å². The monoisotopic (exact) mass is 348 g/mol. The lowest BCUT2D eigenvalue weighted by molar-refractivity contribution is -0.137. The van der Waals surface area contributed by atoms with Gasteiger partial charge in [0.15, 0.2) is 11.5 Å². The first-order valence-electron chi connectivity index (χ1n) is 7.38. The Labute approximate surface area is 142 Å². The first kappa shape index (κ1) is 16.9. The van der Waals surface area contributed by atoms with Crippen LogP contribution in [-0.4, -0.2) is 24.0 Å². The minimum absolute atomic E-state index is 0.419. The van der Waals surface area contributed by atoms with Crippen molar-refractivity contribution in [2.24, 2.45) is 0 Å². The van der Waals surface area contributed by atoms with Gasteiger partial charge in [0.2, 0.25) is 0 Å². The zero-order chi connectivity index (χ0) is 18.0. The number of nitrogens with zero attached hydrogens (tertiary/aromatic N) is 2. The molecule has 130 valence electrons. The van der Waals surface area contributed by atoms with Crippen molar-refractivity contribution in [1.82, 2.24) is 9.78 Å². The molecular weight excluding hydrogens is 333 g/mol. The van der Waals surface area contributed by atoms with Gasteiger partial charge in [-0.2, -0.15) is 18.3 Å². The summed E-state index contributed by atoms with van der Waals surface area (Å²) in [6.45, 7) is 0. The van der Waals surface area contributed by atoms with Gasteiger partial charge < -0.3 is 9.47 Å². The van der Waals surface area contributed by atoms with Crippen LogP contribution in [0.2, 0.25) is 0 Å². The summed E-state index contributed by atoms with van der Waals surface area (Å²) in [7, 11) is 3.04. The lowest BCUT2D eigenvalue weighted by Crippen LogP contribution is -2.05. The topological polar surface area (TPSA) is 36.3 Å². The highest BCUT2D eigenvalue weighted by Crippen LogP contribution is 2.34. The van der Waals surface area contributed by atoms with Gasteiger partial charge in [0.05, 0.1) is 37.4 Å². The van der Waals surface area contributed by atoms with Crippen molar-refractivity contribution in [3.63, 3.8) is 0 Å². The quantitative estimate of drug-likeness (QED) is 0.693.